The van der Waals surface area contributed by atoms with Gasteiger partial charge in [0.15, 0.2) is 11.5 Å². The molecule has 0 aliphatic carbocycles. The third-order valence-corrected chi connectivity index (χ3v) is 5.42. The van der Waals surface area contributed by atoms with Crippen LogP contribution in [0.3, 0.4) is 0 Å². The summed E-state index contributed by atoms with van der Waals surface area (Å²) in [6, 6.07) is 12.5. The zero-order valence-electron chi connectivity index (χ0n) is 17.8. The van der Waals surface area contributed by atoms with Gasteiger partial charge in [-0.25, -0.2) is 0 Å². The molecule has 0 unspecified atom stereocenters. The number of hydrogen-bond donors (Lipinski definition) is 1. The van der Waals surface area contributed by atoms with Gasteiger partial charge < -0.3 is 19.3 Å². The maximum absolute atomic E-state index is 11.2. The molecule has 0 spiro atoms. The van der Waals surface area contributed by atoms with Crippen LogP contribution in [0, 0.1) is 0 Å². The van der Waals surface area contributed by atoms with Crippen molar-refractivity contribution in [2.45, 2.75) is 25.8 Å². The van der Waals surface area contributed by atoms with Crippen LogP contribution in [0.2, 0.25) is 10.0 Å². The molecular weight excluding hydrogens is 455 g/mol. The second kappa shape index (κ2) is 11.1. The van der Waals surface area contributed by atoms with Crippen molar-refractivity contribution in [3.8, 4) is 17.4 Å². The highest BCUT2D eigenvalue weighted by Gasteiger charge is 2.15. The van der Waals surface area contributed by atoms with Crippen LogP contribution < -0.4 is 14.2 Å². The molecule has 32 heavy (non-hydrogen) atoms. The number of carboxylic acid groups (broad SMARTS) is 1. The molecule has 9 heteroatoms. The Labute approximate surface area is 196 Å². The molecule has 0 bridgehead atoms. The Bertz CT molecular complexity index is 1080. The minimum atomic E-state index is -0.931. The van der Waals surface area contributed by atoms with Gasteiger partial charge in [0.05, 0.1) is 33.8 Å². The topological polar surface area (TPSA) is 82.8 Å². The first-order valence-corrected chi connectivity index (χ1v) is 10.7. The SMILES string of the molecule is COc1cc(CCCOc2c(CC(=O)O)cccc2OC)n(Cc2ccc(Cl)cc2Cl)n1. The van der Waals surface area contributed by atoms with Crippen molar-refractivity contribution in [2.24, 2.45) is 0 Å². The van der Waals surface area contributed by atoms with Crippen LogP contribution >= 0.6 is 23.2 Å². The van der Waals surface area contributed by atoms with Crippen molar-refractivity contribution >= 4 is 29.2 Å². The summed E-state index contributed by atoms with van der Waals surface area (Å²) in [6.45, 7) is 0.854. The van der Waals surface area contributed by atoms with Crippen LogP contribution in [-0.2, 0) is 24.2 Å². The van der Waals surface area contributed by atoms with Gasteiger partial charge in [0, 0.05) is 27.4 Å². The van der Waals surface area contributed by atoms with E-state index in [0.717, 1.165) is 11.3 Å². The number of carboxylic acids is 1. The van der Waals surface area contributed by atoms with Crippen molar-refractivity contribution in [1.29, 1.82) is 0 Å². The lowest BCUT2D eigenvalue weighted by Crippen LogP contribution is -2.10. The fraction of sp³-hybridized carbons (Fsp3) is 0.304. The van der Waals surface area contributed by atoms with E-state index in [1.807, 2.05) is 16.8 Å². The highest BCUT2D eigenvalue weighted by atomic mass is 35.5. The van der Waals surface area contributed by atoms with E-state index >= 15 is 0 Å². The Morgan fingerprint density at radius 1 is 1.09 bits per heavy atom. The van der Waals surface area contributed by atoms with E-state index in [0.29, 0.717) is 59.0 Å². The summed E-state index contributed by atoms with van der Waals surface area (Å²) in [5.74, 6) is 0.545. The van der Waals surface area contributed by atoms with E-state index in [-0.39, 0.29) is 6.42 Å². The highest BCUT2D eigenvalue weighted by molar-refractivity contribution is 6.35. The molecule has 2 aromatic carbocycles. The number of hydrogen-bond acceptors (Lipinski definition) is 5. The number of rotatable bonds is 11. The van der Waals surface area contributed by atoms with Gasteiger partial charge in [-0.3, -0.25) is 9.48 Å². The van der Waals surface area contributed by atoms with Crippen LogP contribution in [-0.4, -0.2) is 41.7 Å². The van der Waals surface area contributed by atoms with Gasteiger partial charge in [0.1, 0.15) is 0 Å². The van der Waals surface area contributed by atoms with Crippen LogP contribution in [0.15, 0.2) is 42.5 Å². The lowest BCUT2D eigenvalue weighted by atomic mass is 10.1. The Kier molecular flexibility index (Phi) is 8.25. The number of aryl methyl sites for hydroxylation is 1. The molecule has 0 amide bonds. The van der Waals surface area contributed by atoms with Gasteiger partial charge in [-0.05, 0) is 36.6 Å². The van der Waals surface area contributed by atoms with E-state index in [9.17, 15) is 4.79 Å². The molecule has 1 aromatic heterocycles. The average Bonchev–Trinajstić information content (AvgIpc) is 3.15. The average molecular weight is 479 g/mol. The molecule has 170 valence electrons. The Morgan fingerprint density at radius 2 is 1.91 bits per heavy atom. The van der Waals surface area contributed by atoms with Gasteiger partial charge in [0.2, 0.25) is 5.88 Å². The smallest absolute Gasteiger partial charge is 0.307 e. The zero-order valence-corrected chi connectivity index (χ0v) is 19.3. The summed E-state index contributed by atoms with van der Waals surface area (Å²) < 4.78 is 18.4. The molecule has 0 fully saturated rings. The Morgan fingerprint density at radius 3 is 2.59 bits per heavy atom. The van der Waals surface area contributed by atoms with Gasteiger partial charge >= 0.3 is 5.97 Å². The van der Waals surface area contributed by atoms with E-state index in [4.69, 9.17) is 42.5 Å². The molecule has 0 atom stereocenters. The lowest BCUT2D eigenvalue weighted by molar-refractivity contribution is -0.136. The third kappa shape index (κ3) is 6.08. The number of ether oxygens (including phenoxy) is 3. The quantitative estimate of drug-likeness (QED) is 0.394. The van der Waals surface area contributed by atoms with E-state index in [1.165, 1.54) is 7.11 Å². The monoisotopic (exact) mass is 478 g/mol. The van der Waals surface area contributed by atoms with Gasteiger partial charge in [-0.15, -0.1) is 5.10 Å². The summed E-state index contributed by atoms with van der Waals surface area (Å²) >= 11 is 12.3. The minimum Gasteiger partial charge on any atom is -0.493 e. The van der Waals surface area contributed by atoms with Crippen molar-refractivity contribution in [1.82, 2.24) is 9.78 Å². The molecule has 0 aliphatic rings. The summed E-state index contributed by atoms with van der Waals surface area (Å²) in [4.78, 5) is 11.2. The predicted molar refractivity (Wildman–Crippen MR) is 122 cm³/mol. The standard InChI is InChI=1S/C23H24Cl2N2O5/c1-30-20-7-3-5-15(11-22(28)29)23(20)32-10-4-6-18-13-21(31-2)26-27(18)14-16-8-9-17(24)12-19(16)25/h3,5,7-9,12-13H,4,6,10-11,14H2,1-2H3,(H,28,29). The largest absolute Gasteiger partial charge is 0.493 e. The Balaban J connectivity index is 1.68. The number of halogens is 2. The summed E-state index contributed by atoms with van der Waals surface area (Å²) in [7, 11) is 3.10. The molecule has 0 aliphatic heterocycles. The zero-order chi connectivity index (χ0) is 23.1. The van der Waals surface area contributed by atoms with Crippen molar-refractivity contribution in [2.75, 3.05) is 20.8 Å². The van der Waals surface area contributed by atoms with Crippen LogP contribution in [0.4, 0.5) is 0 Å². The highest BCUT2D eigenvalue weighted by Crippen LogP contribution is 2.32. The number of benzene rings is 2. The van der Waals surface area contributed by atoms with E-state index in [1.54, 1.807) is 37.4 Å². The van der Waals surface area contributed by atoms with E-state index < -0.39 is 5.97 Å². The molecule has 3 aromatic rings. The predicted octanol–water partition coefficient (Wildman–Crippen LogP) is 4.89. The molecule has 1 heterocycles. The van der Waals surface area contributed by atoms with Crippen molar-refractivity contribution < 1.29 is 24.1 Å². The molecule has 0 saturated heterocycles. The van der Waals surface area contributed by atoms with Gasteiger partial charge in [0.25, 0.3) is 0 Å². The van der Waals surface area contributed by atoms with Crippen LogP contribution in [0.25, 0.3) is 0 Å². The second-order valence-corrected chi connectivity index (χ2v) is 7.89. The number of para-hydroxylation sites is 1. The van der Waals surface area contributed by atoms with Crippen molar-refractivity contribution in [3.63, 3.8) is 0 Å². The lowest BCUT2D eigenvalue weighted by Gasteiger charge is -2.14. The third-order valence-electron chi connectivity index (χ3n) is 4.83. The summed E-state index contributed by atoms with van der Waals surface area (Å²) in [5, 5.41) is 14.8. The fourth-order valence-electron chi connectivity index (χ4n) is 3.29. The van der Waals surface area contributed by atoms with Crippen LogP contribution in [0.5, 0.6) is 17.4 Å². The number of nitrogens with zero attached hydrogens (tertiary/aromatic N) is 2. The summed E-state index contributed by atoms with van der Waals surface area (Å²) in [6.07, 6.45) is 1.21. The van der Waals surface area contributed by atoms with Crippen molar-refractivity contribution in [3.05, 3.63) is 69.3 Å². The molecule has 1 N–H and O–H groups in total. The molecule has 0 radical (unpaired) electrons. The first-order valence-electron chi connectivity index (χ1n) is 9.96. The molecule has 0 saturated carbocycles. The summed E-state index contributed by atoms with van der Waals surface area (Å²) in [5.41, 5.74) is 2.43. The number of methoxy groups -OCH3 is 2. The van der Waals surface area contributed by atoms with E-state index in [2.05, 4.69) is 5.10 Å². The van der Waals surface area contributed by atoms with Gasteiger partial charge in [-0.2, -0.15) is 0 Å². The maximum Gasteiger partial charge on any atom is 0.307 e. The molecule has 3 rings (SSSR count). The minimum absolute atomic E-state index is 0.141. The number of aliphatic carboxylic acids is 1. The fourth-order valence-corrected chi connectivity index (χ4v) is 3.76. The molecule has 7 nitrogen and oxygen atoms in total. The molecular formula is C23H24Cl2N2O5. The first-order chi connectivity index (χ1) is 15.4. The van der Waals surface area contributed by atoms with Gasteiger partial charge in [-0.1, -0.05) is 41.4 Å². The Hall–Kier alpha value is -2.90. The number of carbonyl (C=O) groups is 1. The van der Waals surface area contributed by atoms with Crippen LogP contribution in [0.1, 0.15) is 23.2 Å². The maximum atomic E-state index is 11.2. The second-order valence-electron chi connectivity index (χ2n) is 7.04. The first kappa shape index (κ1) is 23.8. The normalized spacial score (nSPS) is 10.8. The number of aromatic nitrogens is 2.